The van der Waals surface area contributed by atoms with Gasteiger partial charge in [0.2, 0.25) is 0 Å². The Labute approximate surface area is 177 Å². The molecule has 2 heterocycles. The summed E-state index contributed by atoms with van der Waals surface area (Å²) in [6.45, 7) is 2.97. The van der Waals surface area contributed by atoms with Crippen LogP contribution >= 0.6 is 11.6 Å². The lowest BCUT2D eigenvalue weighted by Crippen LogP contribution is -2.52. The number of nitrogens with zero attached hydrogens (tertiary/aromatic N) is 1. The van der Waals surface area contributed by atoms with Gasteiger partial charge in [-0.1, -0.05) is 29.8 Å². The van der Waals surface area contributed by atoms with Crippen LogP contribution in [0.5, 0.6) is 5.75 Å². The van der Waals surface area contributed by atoms with Crippen molar-refractivity contribution >= 4 is 21.4 Å². The molecule has 0 radical (unpaired) electrons. The molecule has 5 nitrogen and oxygen atoms in total. The summed E-state index contributed by atoms with van der Waals surface area (Å²) in [7, 11) is -1.95. The molecule has 2 aromatic rings. The molecule has 0 bridgehead atoms. The number of rotatable bonds is 5. The molecular formula is C22H27ClN2O3S. The molecule has 7 heteroatoms. The van der Waals surface area contributed by atoms with Gasteiger partial charge in [0.05, 0.1) is 17.0 Å². The molecule has 0 aliphatic carbocycles. The van der Waals surface area contributed by atoms with E-state index in [1.807, 2.05) is 6.07 Å². The monoisotopic (exact) mass is 434 g/mol. The van der Waals surface area contributed by atoms with Gasteiger partial charge in [-0.3, -0.25) is 4.90 Å². The van der Waals surface area contributed by atoms with Crippen LogP contribution in [0.3, 0.4) is 0 Å². The molecule has 2 atom stereocenters. The molecule has 1 fully saturated rings. The molecule has 0 saturated carbocycles. The number of sulfone groups is 1. The maximum Gasteiger partial charge on any atom is 0.196 e. The Morgan fingerprint density at radius 2 is 2.03 bits per heavy atom. The van der Waals surface area contributed by atoms with Crippen LogP contribution in [-0.4, -0.2) is 45.4 Å². The molecule has 1 saturated heterocycles. The Morgan fingerprint density at radius 1 is 1.21 bits per heavy atom. The van der Waals surface area contributed by atoms with Crippen LogP contribution in [0.1, 0.15) is 24.0 Å². The van der Waals surface area contributed by atoms with Crippen molar-refractivity contribution in [1.82, 2.24) is 10.2 Å². The minimum atomic E-state index is -3.62. The molecule has 4 rings (SSSR count). The average molecular weight is 435 g/mol. The van der Waals surface area contributed by atoms with E-state index in [1.165, 1.54) is 11.1 Å². The van der Waals surface area contributed by atoms with Crippen molar-refractivity contribution in [3.63, 3.8) is 0 Å². The van der Waals surface area contributed by atoms with E-state index < -0.39 is 15.2 Å². The Bertz CT molecular complexity index is 974. The Balaban J connectivity index is 1.70. The van der Waals surface area contributed by atoms with Crippen LogP contribution in [0, 0.1) is 5.92 Å². The third-order valence-electron chi connectivity index (χ3n) is 6.01. The summed E-state index contributed by atoms with van der Waals surface area (Å²) >= 11 is 6.32. The van der Waals surface area contributed by atoms with Crippen LogP contribution in [0.2, 0.25) is 5.02 Å². The maximum atomic E-state index is 13.8. The quantitative estimate of drug-likeness (QED) is 0.780. The van der Waals surface area contributed by atoms with Gasteiger partial charge in [-0.05, 0) is 61.2 Å². The zero-order chi connectivity index (χ0) is 20.4. The molecular weight excluding hydrogens is 408 g/mol. The van der Waals surface area contributed by atoms with Gasteiger partial charge in [0.25, 0.3) is 0 Å². The fourth-order valence-electron chi connectivity index (χ4n) is 4.57. The fourth-order valence-corrected chi connectivity index (χ4v) is 7.21. The highest BCUT2D eigenvalue weighted by atomic mass is 35.5. The number of piperidine rings is 1. The number of benzene rings is 2. The number of hydrogen-bond donors (Lipinski definition) is 1. The molecule has 0 amide bonds. The van der Waals surface area contributed by atoms with Crippen molar-refractivity contribution in [3.8, 4) is 5.75 Å². The van der Waals surface area contributed by atoms with Gasteiger partial charge in [0.1, 0.15) is 11.1 Å². The molecule has 0 aromatic heterocycles. The summed E-state index contributed by atoms with van der Waals surface area (Å²) in [4.78, 5) is 2.36. The lowest BCUT2D eigenvalue weighted by atomic mass is 9.95. The predicted molar refractivity (Wildman–Crippen MR) is 115 cm³/mol. The first-order valence-electron chi connectivity index (χ1n) is 10.1. The van der Waals surface area contributed by atoms with Gasteiger partial charge in [0.15, 0.2) is 9.84 Å². The lowest BCUT2D eigenvalue weighted by molar-refractivity contribution is 0.162. The summed E-state index contributed by atoms with van der Waals surface area (Å²) in [6, 6.07) is 12.9. The van der Waals surface area contributed by atoms with Gasteiger partial charge in [0, 0.05) is 25.6 Å². The minimum Gasteiger partial charge on any atom is -0.497 e. The normalized spacial score (nSPS) is 21.4. The van der Waals surface area contributed by atoms with Crippen molar-refractivity contribution in [1.29, 1.82) is 0 Å². The van der Waals surface area contributed by atoms with E-state index in [0.717, 1.165) is 31.6 Å². The molecule has 2 aliphatic heterocycles. The van der Waals surface area contributed by atoms with Gasteiger partial charge in [-0.2, -0.15) is 0 Å². The average Bonchev–Trinajstić information content (AvgIpc) is 2.74. The van der Waals surface area contributed by atoms with Crippen LogP contribution in [-0.2, 0) is 22.8 Å². The smallest absolute Gasteiger partial charge is 0.196 e. The Morgan fingerprint density at radius 3 is 2.76 bits per heavy atom. The second-order valence-electron chi connectivity index (χ2n) is 7.83. The van der Waals surface area contributed by atoms with E-state index in [4.69, 9.17) is 16.3 Å². The SMILES string of the molecule is COc1ccc2c(c1)CCN(C(C1CCCNC1)S(=O)(=O)c1ccccc1Cl)C2. The van der Waals surface area contributed by atoms with Crippen LogP contribution in [0.4, 0.5) is 0 Å². The van der Waals surface area contributed by atoms with E-state index in [0.29, 0.717) is 24.7 Å². The highest BCUT2D eigenvalue weighted by Gasteiger charge is 2.41. The number of nitrogens with one attached hydrogen (secondary N) is 1. The highest BCUT2D eigenvalue weighted by Crippen LogP contribution is 2.35. The third-order valence-corrected chi connectivity index (χ3v) is 8.74. The molecule has 0 spiro atoms. The minimum absolute atomic E-state index is 0.0322. The standard InChI is InChI=1S/C22H27ClN2O3S/c1-28-19-9-8-18-15-25(12-10-16(18)13-19)22(17-5-4-11-24-14-17)29(26,27)21-7-3-2-6-20(21)23/h2-3,6-9,13,17,22,24H,4-5,10-12,14-15H2,1H3. The molecule has 156 valence electrons. The Hall–Kier alpha value is -1.60. The van der Waals surface area contributed by atoms with E-state index in [1.54, 1.807) is 31.4 Å². The third kappa shape index (κ3) is 4.17. The molecule has 1 N–H and O–H groups in total. The summed E-state index contributed by atoms with van der Waals surface area (Å²) in [5, 5.41) is 3.09. The lowest BCUT2D eigenvalue weighted by Gasteiger charge is -2.40. The summed E-state index contributed by atoms with van der Waals surface area (Å²) in [6.07, 6.45) is 2.69. The van der Waals surface area contributed by atoms with Gasteiger partial charge in [-0.15, -0.1) is 0 Å². The second kappa shape index (κ2) is 8.64. The highest BCUT2D eigenvalue weighted by molar-refractivity contribution is 7.92. The largest absolute Gasteiger partial charge is 0.497 e. The van der Waals surface area contributed by atoms with Gasteiger partial charge < -0.3 is 10.1 Å². The summed E-state index contributed by atoms with van der Waals surface area (Å²) in [5.74, 6) is 0.874. The van der Waals surface area contributed by atoms with E-state index in [2.05, 4.69) is 22.3 Å². The van der Waals surface area contributed by atoms with Crippen molar-refractivity contribution in [3.05, 3.63) is 58.6 Å². The molecule has 29 heavy (non-hydrogen) atoms. The Kier molecular flexibility index (Phi) is 6.16. The van der Waals surface area contributed by atoms with Crippen molar-refractivity contribution < 1.29 is 13.2 Å². The van der Waals surface area contributed by atoms with E-state index >= 15 is 0 Å². The number of fused-ring (bicyclic) bond motifs is 1. The van der Waals surface area contributed by atoms with Crippen LogP contribution < -0.4 is 10.1 Å². The maximum absolute atomic E-state index is 13.8. The first-order chi connectivity index (χ1) is 14.0. The zero-order valence-corrected chi connectivity index (χ0v) is 18.2. The zero-order valence-electron chi connectivity index (χ0n) is 16.6. The molecule has 2 aromatic carbocycles. The number of ether oxygens (including phenoxy) is 1. The first kappa shape index (κ1) is 20.7. The number of halogens is 1. The van der Waals surface area contributed by atoms with Gasteiger partial charge in [-0.25, -0.2) is 8.42 Å². The van der Waals surface area contributed by atoms with Crippen molar-refractivity contribution in [2.45, 2.75) is 36.1 Å². The van der Waals surface area contributed by atoms with Crippen molar-refractivity contribution in [2.24, 2.45) is 5.92 Å². The van der Waals surface area contributed by atoms with Crippen LogP contribution in [0.15, 0.2) is 47.4 Å². The van der Waals surface area contributed by atoms with Gasteiger partial charge >= 0.3 is 0 Å². The molecule has 2 aliphatic rings. The topological polar surface area (TPSA) is 58.6 Å². The first-order valence-corrected chi connectivity index (χ1v) is 12.0. The number of hydrogen-bond acceptors (Lipinski definition) is 5. The summed E-state index contributed by atoms with van der Waals surface area (Å²) in [5.41, 5.74) is 2.40. The number of methoxy groups -OCH3 is 1. The van der Waals surface area contributed by atoms with E-state index in [9.17, 15) is 8.42 Å². The predicted octanol–water partition coefficient (Wildman–Crippen LogP) is 3.51. The van der Waals surface area contributed by atoms with E-state index in [-0.39, 0.29) is 10.8 Å². The fraction of sp³-hybridized carbons (Fsp3) is 0.455. The van der Waals surface area contributed by atoms with Crippen molar-refractivity contribution in [2.75, 3.05) is 26.7 Å². The van der Waals surface area contributed by atoms with Crippen LogP contribution in [0.25, 0.3) is 0 Å². The molecule has 2 unspecified atom stereocenters. The second-order valence-corrected chi connectivity index (χ2v) is 10.2. The summed E-state index contributed by atoms with van der Waals surface area (Å²) < 4.78 is 32.9.